The first-order chi connectivity index (χ1) is 12.6. The fourth-order valence-corrected chi connectivity index (χ4v) is 2.93. The Kier molecular flexibility index (Phi) is 6.37. The van der Waals surface area contributed by atoms with Crippen LogP contribution in [0.5, 0.6) is 0 Å². The number of aromatic nitrogens is 1. The Balaban J connectivity index is 1.87. The van der Waals surface area contributed by atoms with Crippen LogP contribution in [0.25, 0.3) is 0 Å². The zero-order valence-corrected chi connectivity index (χ0v) is 17.1. The monoisotopic (exact) mass is 367 g/mol. The average Bonchev–Trinajstić information content (AvgIpc) is 2.57. The quantitative estimate of drug-likeness (QED) is 0.837. The van der Waals surface area contributed by atoms with Gasteiger partial charge in [-0.25, -0.2) is 0 Å². The molecule has 0 aliphatic carbocycles. The first-order valence-corrected chi connectivity index (χ1v) is 9.21. The first-order valence-electron chi connectivity index (χ1n) is 9.21. The summed E-state index contributed by atoms with van der Waals surface area (Å²) in [5, 5.41) is 5.69. The van der Waals surface area contributed by atoms with Gasteiger partial charge in [0.25, 0.3) is 5.91 Å². The minimum atomic E-state index is -0.173. The second kappa shape index (κ2) is 8.33. The fraction of sp³-hybridized carbons (Fsp3) is 0.409. The van der Waals surface area contributed by atoms with Crippen LogP contribution in [0.2, 0.25) is 0 Å². The van der Waals surface area contributed by atoms with Gasteiger partial charge in [0.2, 0.25) is 5.91 Å². The number of carbonyl (C=O) groups excluding carboxylic acids is 2. The van der Waals surface area contributed by atoms with E-state index in [1.165, 1.54) is 5.56 Å². The van der Waals surface area contributed by atoms with Crippen molar-refractivity contribution in [2.75, 3.05) is 11.9 Å². The van der Waals surface area contributed by atoms with Crippen molar-refractivity contribution < 1.29 is 9.59 Å². The summed E-state index contributed by atoms with van der Waals surface area (Å²) in [5.74, 6) is -0.317. The van der Waals surface area contributed by atoms with Crippen LogP contribution in [0.15, 0.2) is 30.3 Å². The van der Waals surface area contributed by atoms with Crippen LogP contribution >= 0.6 is 0 Å². The predicted molar refractivity (Wildman–Crippen MR) is 109 cm³/mol. The van der Waals surface area contributed by atoms with Crippen LogP contribution in [0.4, 0.5) is 5.69 Å². The van der Waals surface area contributed by atoms with Crippen LogP contribution in [0, 0.1) is 20.8 Å². The molecule has 27 heavy (non-hydrogen) atoms. The molecule has 2 N–H and O–H groups in total. The maximum atomic E-state index is 12.2. The van der Waals surface area contributed by atoms with Crippen molar-refractivity contribution in [1.29, 1.82) is 0 Å². The Bertz CT molecular complexity index is 811. The Hall–Kier alpha value is -2.69. The van der Waals surface area contributed by atoms with Gasteiger partial charge in [-0.05, 0) is 55.5 Å². The second-order valence-corrected chi connectivity index (χ2v) is 7.92. The number of nitrogens with zero attached hydrogens (tertiary/aromatic N) is 1. The number of rotatable bonds is 5. The van der Waals surface area contributed by atoms with Crippen molar-refractivity contribution in [3.8, 4) is 0 Å². The van der Waals surface area contributed by atoms with Crippen LogP contribution in [-0.4, -0.2) is 23.3 Å². The van der Waals surface area contributed by atoms with Crippen molar-refractivity contribution in [3.05, 3.63) is 58.4 Å². The lowest BCUT2D eigenvalue weighted by atomic mass is 9.87. The summed E-state index contributed by atoms with van der Waals surface area (Å²) in [7, 11) is 0. The molecule has 2 rings (SSSR count). The van der Waals surface area contributed by atoms with Gasteiger partial charge in [-0.3, -0.25) is 14.6 Å². The lowest BCUT2D eigenvalue weighted by Gasteiger charge is -2.19. The summed E-state index contributed by atoms with van der Waals surface area (Å²) >= 11 is 0. The van der Waals surface area contributed by atoms with E-state index in [4.69, 9.17) is 0 Å². The second-order valence-electron chi connectivity index (χ2n) is 7.92. The number of pyridine rings is 1. The molecule has 2 amide bonds. The third-order valence-corrected chi connectivity index (χ3v) is 4.44. The minimum absolute atomic E-state index is 0.0498. The number of carbonyl (C=O) groups is 2. The molecule has 0 radical (unpaired) electrons. The van der Waals surface area contributed by atoms with Crippen LogP contribution in [0.3, 0.4) is 0 Å². The van der Waals surface area contributed by atoms with E-state index < -0.39 is 0 Å². The largest absolute Gasteiger partial charge is 0.352 e. The lowest BCUT2D eigenvalue weighted by molar-refractivity contribution is -0.116. The summed E-state index contributed by atoms with van der Waals surface area (Å²) < 4.78 is 0. The molecule has 1 aromatic carbocycles. The minimum Gasteiger partial charge on any atom is -0.352 e. The van der Waals surface area contributed by atoms with Crippen molar-refractivity contribution in [1.82, 2.24) is 10.3 Å². The number of nitrogens with one attached hydrogen (secondary N) is 2. The molecule has 0 atom stereocenters. The molecule has 0 aliphatic rings. The Morgan fingerprint density at radius 3 is 2.22 bits per heavy atom. The van der Waals surface area contributed by atoms with Gasteiger partial charge in [0, 0.05) is 24.2 Å². The van der Waals surface area contributed by atoms with Gasteiger partial charge < -0.3 is 10.6 Å². The van der Waals surface area contributed by atoms with Gasteiger partial charge in [-0.1, -0.05) is 32.9 Å². The third kappa shape index (κ3) is 5.64. The Morgan fingerprint density at radius 2 is 1.67 bits per heavy atom. The van der Waals surface area contributed by atoms with Crippen molar-refractivity contribution >= 4 is 17.5 Å². The number of hydrogen-bond donors (Lipinski definition) is 2. The number of anilines is 1. The van der Waals surface area contributed by atoms with E-state index in [0.717, 1.165) is 22.6 Å². The molecule has 0 spiro atoms. The van der Waals surface area contributed by atoms with E-state index >= 15 is 0 Å². The van der Waals surface area contributed by atoms with Gasteiger partial charge in [-0.15, -0.1) is 0 Å². The molecule has 2 aromatic rings. The molecule has 144 valence electrons. The summed E-state index contributed by atoms with van der Waals surface area (Å²) in [5.41, 5.74) is 5.27. The highest BCUT2D eigenvalue weighted by molar-refractivity contribution is 5.95. The molecular formula is C22H29N3O2. The van der Waals surface area contributed by atoms with Crippen LogP contribution < -0.4 is 10.6 Å². The van der Waals surface area contributed by atoms with E-state index in [2.05, 4.69) is 36.4 Å². The number of aryl methyl sites for hydroxylation is 3. The van der Waals surface area contributed by atoms with Gasteiger partial charge in [-0.2, -0.15) is 0 Å². The molecule has 0 unspecified atom stereocenters. The van der Waals surface area contributed by atoms with Crippen LogP contribution in [0.1, 0.15) is 60.1 Å². The summed E-state index contributed by atoms with van der Waals surface area (Å²) in [6, 6.07) is 9.52. The van der Waals surface area contributed by atoms with E-state index in [9.17, 15) is 9.59 Å². The van der Waals surface area contributed by atoms with Crippen molar-refractivity contribution in [2.45, 2.75) is 53.4 Å². The molecule has 0 saturated carbocycles. The van der Waals surface area contributed by atoms with Crippen molar-refractivity contribution in [3.63, 3.8) is 0 Å². The van der Waals surface area contributed by atoms with Gasteiger partial charge in [0.1, 0.15) is 0 Å². The topological polar surface area (TPSA) is 71.1 Å². The Morgan fingerprint density at radius 1 is 1.04 bits per heavy atom. The standard InChI is InChI=1S/C22H29N3O2/c1-14-13-15(2)24-16(3)20(14)25-19(26)11-12-23-21(27)17-7-9-18(10-8-17)22(4,5)6/h7-10,13H,11-12H2,1-6H3,(H,23,27)(H,25,26). The molecular weight excluding hydrogens is 338 g/mol. The van der Waals surface area contributed by atoms with Crippen LogP contribution in [-0.2, 0) is 10.2 Å². The van der Waals surface area contributed by atoms with Gasteiger partial charge in [0.05, 0.1) is 11.4 Å². The molecule has 1 heterocycles. The molecule has 0 aliphatic heterocycles. The SMILES string of the molecule is Cc1cc(C)c(NC(=O)CCNC(=O)c2ccc(C(C)(C)C)cc2)c(C)n1. The van der Waals surface area contributed by atoms with Crippen molar-refractivity contribution in [2.24, 2.45) is 0 Å². The fourth-order valence-electron chi connectivity index (χ4n) is 2.93. The van der Waals surface area contributed by atoms with E-state index in [1.807, 2.05) is 51.1 Å². The van der Waals surface area contributed by atoms with E-state index in [0.29, 0.717) is 5.56 Å². The smallest absolute Gasteiger partial charge is 0.251 e. The normalized spacial score (nSPS) is 11.2. The number of amides is 2. The highest BCUT2D eigenvalue weighted by atomic mass is 16.2. The zero-order valence-electron chi connectivity index (χ0n) is 17.1. The molecule has 1 aromatic heterocycles. The molecule has 5 nitrogen and oxygen atoms in total. The lowest BCUT2D eigenvalue weighted by Crippen LogP contribution is -2.28. The molecule has 0 bridgehead atoms. The maximum Gasteiger partial charge on any atom is 0.251 e. The highest BCUT2D eigenvalue weighted by Crippen LogP contribution is 2.22. The molecule has 0 fully saturated rings. The third-order valence-electron chi connectivity index (χ3n) is 4.44. The van der Waals surface area contributed by atoms with Gasteiger partial charge in [0.15, 0.2) is 0 Å². The highest BCUT2D eigenvalue weighted by Gasteiger charge is 2.14. The maximum absolute atomic E-state index is 12.2. The van der Waals surface area contributed by atoms with E-state index in [-0.39, 0.29) is 30.2 Å². The first kappa shape index (κ1) is 20.6. The van der Waals surface area contributed by atoms with E-state index in [1.54, 1.807) is 0 Å². The number of benzene rings is 1. The molecule has 0 saturated heterocycles. The number of hydrogen-bond acceptors (Lipinski definition) is 3. The summed E-state index contributed by atoms with van der Waals surface area (Å²) in [6.07, 6.45) is 0.207. The Labute approximate surface area is 161 Å². The average molecular weight is 367 g/mol. The summed E-state index contributed by atoms with van der Waals surface area (Å²) in [4.78, 5) is 28.8. The summed E-state index contributed by atoms with van der Waals surface area (Å²) in [6.45, 7) is 12.4. The predicted octanol–water partition coefficient (Wildman–Crippen LogP) is 4.06. The van der Waals surface area contributed by atoms with Gasteiger partial charge >= 0.3 is 0 Å². The molecule has 5 heteroatoms. The zero-order chi connectivity index (χ0) is 20.2.